The lowest BCUT2D eigenvalue weighted by Crippen LogP contribution is -2.13. The lowest BCUT2D eigenvalue weighted by molar-refractivity contribution is 0.102. The van der Waals surface area contributed by atoms with Crippen LogP contribution in [-0.2, 0) is 13.5 Å². The molecule has 0 unspecified atom stereocenters. The number of anilines is 1. The standard InChI is InChI=1S/C17H16N6O2S/c1-4-11-5-12(14-9(2)22-25-16(14)19-11)15(24)21-17-20-13(8-26-17)10-6-18-23(3)7-10/h5-8H,4H2,1-3H3,(H,20,21,24). The fourth-order valence-corrected chi connectivity index (χ4v) is 3.40. The zero-order chi connectivity index (χ0) is 18.3. The Morgan fingerprint density at radius 1 is 1.38 bits per heavy atom. The molecule has 0 spiro atoms. The highest BCUT2D eigenvalue weighted by Gasteiger charge is 2.19. The second-order valence-corrected chi connectivity index (χ2v) is 6.72. The second kappa shape index (κ2) is 6.34. The van der Waals surface area contributed by atoms with Crippen molar-refractivity contribution >= 4 is 33.5 Å². The molecule has 0 aliphatic carbocycles. The third kappa shape index (κ3) is 2.86. The van der Waals surface area contributed by atoms with E-state index >= 15 is 0 Å². The van der Waals surface area contributed by atoms with E-state index in [0.717, 1.165) is 17.0 Å². The maximum atomic E-state index is 12.8. The summed E-state index contributed by atoms with van der Waals surface area (Å²) in [6, 6.07) is 1.78. The zero-order valence-corrected chi connectivity index (χ0v) is 15.3. The lowest BCUT2D eigenvalue weighted by atomic mass is 10.1. The number of aromatic nitrogens is 5. The van der Waals surface area contributed by atoms with Crippen LogP contribution in [-0.4, -0.2) is 30.8 Å². The van der Waals surface area contributed by atoms with E-state index in [1.807, 2.05) is 25.5 Å². The van der Waals surface area contributed by atoms with Gasteiger partial charge in [-0.3, -0.25) is 14.8 Å². The van der Waals surface area contributed by atoms with E-state index in [0.29, 0.717) is 33.9 Å². The molecule has 4 aromatic heterocycles. The minimum absolute atomic E-state index is 0.259. The van der Waals surface area contributed by atoms with Gasteiger partial charge in [-0.2, -0.15) is 5.10 Å². The summed E-state index contributed by atoms with van der Waals surface area (Å²) < 4.78 is 6.94. The van der Waals surface area contributed by atoms with Gasteiger partial charge in [0.1, 0.15) is 0 Å². The molecule has 0 aliphatic heterocycles. The lowest BCUT2D eigenvalue weighted by Gasteiger charge is -2.05. The molecule has 4 rings (SSSR count). The normalized spacial score (nSPS) is 11.2. The van der Waals surface area contributed by atoms with Crippen molar-refractivity contribution in [1.82, 2.24) is 24.9 Å². The fourth-order valence-electron chi connectivity index (χ4n) is 2.69. The number of carbonyl (C=O) groups is 1. The van der Waals surface area contributed by atoms with Crippen molar-refractivity contribution in [2.24, 2.45) is 7.05 Å². The van der Waals surface area contributed by atoms with E-state index in [9.17, 15) is 4.79 Å². The van der Waals surface area contributed by atoms with Crippen LogP contribution < -0.4 is 5.32 Å². The van der Waals surface area contributed by atoms with E-state index in [4.69, 9.17) is 4.52 Å². The van der Waals surface area contributed by atoms with Crippen LogP contribution in [0.25, 0.3) is 22.4 Å². The van der Waals surface area contributed by atoms with Crippen molar-refractivity contribution in [2.75, 3.05) is 5.32 Å². The van der Waals surface area contributed by atoms with Crippen molar-refractivity contribution in [2.45, 2.75) is 20.3 Å². The van der Waals surface area contributed by atoms with Crippen molar-refractivity contribution < 1.29 is 9.32 Å². The number of nitrogens with one attached hydrogen (secondary N) is 1. The van der Waals surface area contributed by atoms with Gasteiger partial charge < -0.3 is 4.52 Å². The van der Waals surface area contributed by atoms with Crippen molar-refractivity contribution in [1.29, 1.82) is 0 Å². The molecule has 4 aromatic rings. The topological polar surface area (TPSA) is 98.7 Å². The van der Waals surface area contributed by atoms with Crippen LogP contribution in [0.15, 0.2) is 28.4 Å². The van der Waals surface area contributed by atoms with Gasteiger partial charge in [-0.05, 0) is 19.4 Å². The van der Waals surface area contributed by atoms with E-state index in [1.165, 1.54) is 11.3 Å². The van der Waals surface area contributed by atoms with Crippen molar-refractivity contribution in [3.05, 3.63) is 40.8 Å². The van der Waals surface area contributed by atoms with E-state index < -0.39 is 0 Å². The number of hydrogen-bond donors (Lipinski definition) is 1. The molecule has 0 fully saturated rings. The number of aryl methyl sites for hydroxylation is 3. The summed E-state index contributed by atoms with van der Waals surface area (Å²) in [6.45, 7) is 3.76. The van der Waals surface area contributed by atoms with Crippen LogP contribution in [0.4, 0.5) is 5.13 Å². The predicted molar refractivity (Wildman–Crippen MR) is 98.2 cm³/mol. The average molecular weight is 368 g/mol. The molecule has 26 heavy (non-hydrogen) atoms. The summed E-state index contributed by atoms with van der Waals surface area (Å²) in [4.78, 5) is 21.7. The Morgan fingerprint density at radius 3 is 2.96 bits per heavy atom. The van der Waals surface area contributed by atoms with Gasteiger partial charge in [0.05, 0.1) is 28.5 Å². The number of nitrogens with zero attached hydrogens (tertiary/aromatic N) is 5. The summed E-state index contributed by atoms with van der Waals surface area (Å²) in [5.41, 5.74) is 3.95. The third-order valence-electron chi connectivity index (χ3n) is 4.00. The Kier molecular flexibility index (Phi) is 4.00. The first-order chi connectivity index (χ1) is 12.5. The molecule has 8 nitrogen and oxygen atoms in total. The molecule has 4 heterocycles. The highest BCUT2D eigenvalue weighted by molar-refractivity contribution is 7.14. The Balaban J connectivity index is 1.66. The van der Waals surface area contributed by atoms with E-state index in [2.05, 4.69) is 25.5 Å². The van der Waals surface area contributed by atoms with Gasteiger partial charge in [0.25, 0.3) is 11.6 Å². The molecule has 9 heteroatoms. The maximum absolute atomic E-state index is 12.8. The minimum atomic E-state index is -0.259. The SMILES string of the molecule is CCc1cc(C(=O)Nc2nc(-c3cnn(C)c3)cs2)c2c(C)noc2n1. The largest absolute Gasteiger partial charge is 0.336 e. The van der Waals surface area contributed by atoms with Gasteiger partial charge in [-0.1, -0.05) is 12.1 Å². The summed E-state index contributed by atoms with van der Waals surface area (Å²) in [5.74, 6) is -0.259. The molecule has 0 aliphatic rings. The van der Waals surface area contributed by atoms with Crippen LogP contribution in [0.3, 0.4) is 0 Å². The smallest absolute Gasteiger partial charge is 0.258 e. The summed E-state index contributed by atoms with van der Waals surface area (Å²) >= 11 is 1.36. The maximum Gasteiger partial charge on any atom is 0.258 e. The molecule has 0 radical (unpaired) electrons. The van der Waals surface area contributed by atoms with Crippen LogP contribution in [0.2, 0.25) is 0 Å². The van der Waals surface area contributed by atoms with Gasteiger partial charge in [-0.25, -0.2) is 9.97 Å². The molecule has 132 valence electrons. The molecular formula is C17H16N6O2S. The quantitative estimate of drug-likeness (QED) is 0.594. The predicted octanol–water partition coefficient (Wildman–Crippen LogP) is 3.20. The molecular weight excluding hydrogens is 352 g/mol. The number of pyridine rings is 1. The number of thiazole rings is 1. The van der Waals surface area contributed by atoms with Gasteiger partial charge in [0, 0.05) is 29.9 Å². The van der Waals surface area contributed by atoms with Crippen molar-refractivity contribution in [3.63, 3.8) is 0 Å². The molecule has 1 N–H and O–H groups in total. The number of rotatable bonds is 4. The summed E-state index contributed by atoms with van der Waals surface area (Å²) in [5, 5.41) is 14.0. The number of hydrogen-bond acceptors (Lipinski definition) is 7. The van der Waals surface area contributed by atoms with Gasteiger partial charge in [0.2, 0.25) is 0 Å². The van der Waals surface area contributed by atoms with E-state index in [-0.39, 0.29) is 5.91 Å². The molecule has 0 bridgehead atoms. The van der Waals surface area contributed by atoms with Gasteiger partial charge >= 0.3 is 0 Å². The molecule has 1 amide bonds. The molecule has 0 saturated heterocycles. The monoisotopic (exact) mass is 368 g/mol. The molecule has 0 saturated carbocycles. The first-order valence-corrected chi connectivity index (χ1v) is 8.95. The Labute approximate surface area is 152 Å². The number of fused-ring (bicyclic) bond motifs is 1. The van der Waals surface area contributed by atoms with Crippen LogP contribution in [0.1, 0.15) is 28.7 Å². The highest BCUT2D eigenvalue weighted by atomic mass is 32.1. The van der Waals surface area contributed by atoms with Crippen molar-refractivity contribution in [3.8, 4) is 11.3 Å². The van der Waals surface area contributed by atoms with Crippen LogP contribution >= 0.6 is 11.3 Å². The van der Waals surface area contributed by atoms with Gasteiger partial charge in [-0.15, -0.1) is 11.3 Å². The van der Waals surface area contributed by atoms with Crippen LogP contribution in [0.5, 0.6) is 0 Å². The highest BCUT2D eigenvalue weighted by Crippen LogP contribution is 2.27. The second-order valence-electron chi connectivity index (χ2n) is 5.86. The van der Waals surface area contributed by atoms with Gasteiger partial charge in [0.15, 0.2) is 5.13 Å². The first kappa shape index (κ1) is 16.4. The first-order valence-electron chi connectivity index (χ1n) is 8.07. The number of amides is 1. The average Bonchev–Trinajstić information content (AvgIpc) is 3.35. The summed E-state index contributed by atoms with van der Waals surface area (Å²) in [7, 11) is 1.85. The zero-order valence-electron chi connectivity index (χ0n) is 14.5. The summed E-state index contributed by atoms with van der Waals surface area (Å²) in [6.07, 6.45) is 4.31. The molecule has 0 aromatic carbocycles. The third-order valence-corrected chi connectivity index (χ3v) is 4.76. The Bertz CT molecular complexity index is 1110. The fraction of sp³-hybridized carbons (Fsp3) is 0.235. The Morgan fingerprint density at radius 2 is 2.23 bits per heavy atom. The number of carbonyl (C=O) groups excluding carboxylic acids is 1. The Hall–Kier alpha value is -3.07. The van der Waals surface area contributed by atoms with Crippen LogP contribution in [0, 0.1) is 6.92 Å². The molecule has 0 atom stereocenters. The minimum Gasteiger partial charge on any atom is -0.336 e. The van der Waals surface area contributed by atoms with E-state index in [1.54, 1.807) is 23.9 Å².